The summed E-state index contributed by atoms with van der Waals surface area (Å²) in [6, 6.07) is 9.69. The number of halogens is 3. The number of amides is 1. The Morgan fingerprint density at radius 1 is 1.19 bits per heavy atom. The first-order chi connectivity index (χ1) is 20.3. The van der Waals surface area contributed by atoms with Gasteiger partial charge in [-0.3, -0.25) is 9.59 Å². The summed E-state index contributed by atoms with van der Waals surface area (Å²) in [6.45, 7) is -0.564. The van der Waals surface area contributed by atoms with Crippen LogP contribution in [0.1, 0.15) is 40.0 Å². The third-order valence-electron chi connectivity index (χ3n) is 7.54. The molecule has 1 saturated heterocycles. The van der Waals surface area contributed by atoms with Gasteiger partial charge in [-0.05, 0) is 41.7 Å². The lowest BCUT2D eigenvalue weighted by Crippen LogP contribution is -2.56. The normalized spacial score (nSPS) is 18.2. The highest BCUT2D eigenvalue weighted by molar-refractivity contribution is 7.98. The maximum absolute atomic E-state index is 15.2. The number of carbonyl (C=O) groups excluding carboxylic acids is 2. The average molecular weight is 600 g/mol. The van der Waals surface area contributed by atoms with E-state index in [0.717, 1.165) is 29.7 Å². The summed E-state index contributed by atoms with van der Waals surface area (Å²) in [5.41, 5.74) is 4.50. The molecule has 1 aromatic heterocycles. The van der Waals surface area contributed by atoms with Gasteiger partial charge in [-0.1, -0.05) is 18.2 Å². The summed E-state index contributed by atoms with van der Waals surface area (Å²) in [6.07, 6.45) is -0.545. The molecule has 2 aromatic carbocycles. The van der Waals surface area contributed by atoms with Crippen molar-refractivity contribution < 1.29 is 37.0 Å². The highest BCUT2D eigenvalue weighted by Crippen LogP contribution is 2.41. The molecule has 42 heavy (non-hydrogen) atoms. The van der Waals surface area contributed by atoms with E-state index in [4.69, 9.17) is 9.47 Å². The number of fused-ring (bicyclic) bond motifs is 4. The van der Waals surface area contributed by atoms with Crippen LogP contribution in [0.4, 0.5) is 18.0 Å². The van der Waals surface area contributed by atoms with Crippen LogP contribution >= 0.6 is 11.8 Å². The molecule has 0 aliphatic carbocycles. The van der Waals surface area contributed by atoms with Crippen LogP contribution in [0, 0.1) is 11.6 Å². The number of piperidine rings is 1. The molecule has 0 bridgehead atoms. The Bertz CT molecular complexity index is 1710. The van der Waals surface area contributed by atoms with Crippen LogP contribution in [0.5, 0.6) is 5.75 Å². The van der Waals surface area contributed by atoms with E-state index in [9.17, 15) is 18.8 Å². The van der Waals surface area contributed by atoms with Crippen molar-refractivity contribution in [3.05, 3.63) is 92.5 Å². The molecule has 6 rings (SSSR count). The lowest BCUT2D eigenvalue weighted by atomic mass is 9.92. The summed E-state index contributed by atoms with van der Waals surface area (Å²) < 4.78 is 59.8. The number of ether oxygens (including phenoxy) is 3. The van der Waals surface area contributed by atoms with E-state index in [0.29, 0.717) is 23.9 Å². The van der Waals surface area contributed by atoms with Gasteiger partial charge < -0.3 is 24.5 Å². The van der Waals surface area contributed by atoms with E-state index in [1.165, 1.54) is 21.3 Å². The number of thioether (sulfide) groups is 1. The van der Waals surface area contributed by atoms with Crippen molar-refractivity contribution >= 4 is 23.8 Å². The van der Waals surface area contributed by atoms with Gasteiger partial charge in [0.2, 0.25) is 18.0 Å². The summed E-state index contributed by atoms with van der Waals surface area (Å²) >= 11 is 1.38. The minimum atomic E-state index is -1.10. The van der Waals surface area contributed by atoms with Crippen LogP contribution in [-0.4, -0.2) is 48.3 Å². The molecule has 4 heterocycles. The van der Waals surface area contributed by atoms with Crippen molar-refractivity contribution in [3.63, 3.8) is 0 Å². The maximum atomic E-state index is 15.2. The molecular formula is C29H24F3N3O6S. The molecule has 1 N–H and O–H groups in total. The van der Waals surface area contributed by atoms with Crippen LogP contribution in [0.25, 0.3) is 11.3 Å². The molecule has 3 aromatic rings. The number of aromatic nitrogens is 1. The molecule has 218 valence electrons. The number of benzene rings is 2. The van der Waals surface area contributed by atoms with Crippen molar-refractivity contribution in [2.75, 3.05) is 25.9 Å². The van der Waals surface area contributed by atoms with Crippen LogP contribution < -0.4 is 15.6 Å². The second kappa shape index (κ2) is 11.1. The summed E-state index contributed by atoms with van der Waals surface area (Å²) in [5.74, 6) is -2.94. The van der Waals surface area contributed by atoms with Crippen molar-refractivity contribution in [3.8, 4) is 17.0 Å². The monoisotopic (exact) mass is 599 g/mol. The molecule has 0 radical (unpaired) electrons. The fourth-order valence-electron chi connectivity index (χ4n) is 5.50. The Labute approximate surface area is 241 Å². The first-order valence-electron chi connectivity index (χ1n) is 13.0. The zero-order valence-electron chi connectivity index (χ0n) is 22.2. The van der Waals surface area contributed by atoms with Gasteiger partial charge in [-0.25, -0.2) is 22.6 Å². The highest BCUT2D eigenvalue weighted by Gasteiger charge is 2.40. The minimum absolute atomic E-state index is 0.0973. The minimum Gasteiger partial charge on any atom is -0.451 e. The molecule has 3 aliphatic heterocycles. The zero-order chi connectivity index (χ0) is 29.5. The molecule has 13 heteroatoms. The van der Waals surface area contributed by atoms with Gasteiger partial charge in [0.1, 0.15) is 6.17 Å². The molecule has 1 fully saturated rings. The van der Waals surface area contributed by atoms with Crippen molar-refractivity contribution in [2.24, 2.45) is 0 Å². The summed E-state index contributed by atoms with van der Waals surface area (Å²) in [7, 11) is 1.10. The first-order valence-corrected chi connectivity index (χ1v) is 14.0. The third-order valence-corrected chi connectivity index (χ3v) is 8.68. The number of pyridine rings is 1. The van der Waals surface area contributed by atoms with Gasteiger partial charge >= 0.3 is 6.16 Å². The fraction of sp³-hybridized carbons (Fsp3) is 0.276. The predicted octanol–water partition coefficient (Wildman–Crippen LogP) is 5.08. The molecule has 0 spiro atoms. The van der Waals surface area contributed by atoms with Crippen LogP contribution in [0.3, 0.4) is 0 Å². The standard InChI is InChI=1S/C29H24F3N3O6S/c1-39-29(38)41-14-40-27-22(36)11-21(35-26(27)28(37)34-7-6-15(12-30)8-24(34)33-35)18-10-20(31)25(32)19-13-42-23-5-3-2-4-16(23)9-17(18)19/h2-5,10-12,24,33H,6-9,13-14H2,1H3/b15-12+/t24-/m0/s1. The van der Waals surface area contributed by atoms with E-state index >= 15 is 8.78 Å². The maximum Gasteiger partial charge on any atom is 0.510 e. The first kappa shape index (κ1) is 27.8. The van der Waals surface area contributed by atoms with E-state index in [1.807, 2.05) is 24.3 Å². The number of hydrogen-bond acceptors (Lipinski definition) is 8. The lowest BCUT2D eigenvalue weighted by molar-refractivity contribution is 0.0134. The van der Waals surface area contributed by atoms with Gasteiger partial charge in [0.25, 0.3) is 5.91 Å². The van der Waals surface area contributed by atoms with Crippen molar-refractivity contribution in [1.82, 2.24) is 9.58 Å². The topological polar surface area (TPSA) is 99.1 Å². The number of rotatable bonds is 4. The van der Waals surface area contributed by atoms with Crippen molar-refractivity contribution in [2.45, 2.75) is 36.1 Å². The largest absolute Gasteiger partial charge is 0.510 e. The lowest BCUT2D eigenvalue weighted by Gasteiger charge is -2.43. The van der Waals surface area contributed by atoms with Crippen LogP contribution in [-0.2, 0) is 21.6 Å². The Morgan fingerprint density at radius 2 is 2.00 bits per heavy atom. The molecule has 0 unspecified atom stereocenters. The zero-order valence-corrected chi connectivity index (χ0v) is 23.1. The number of nitrogens with zero attached hydrogens (tertiary/aromatic N) is 2. The molecule has 1 amide bonds. The second-order valence-electron chi connectivity index (χ2n) is 9.88. The second-order valence-corrected chi connectivity index (χ2v) is 10.9. The Morgan fingerprint density at radius 3 is 2.79 bits per heavy atom. The average Bonchev–Trinajstić information content (AvgIpc) is 3.20. The van der Waals surface area contributed by atoms with Crippen molar-refractivity contribution in [1.29, 1.82) is 0 Å². The number of hydrogen-bond donors (Lipinski definition) is 1. The number of carbonyl (C=O) groups is 2. The molecular weight excluding hydrogens is 575 g/mol. The SMILES string of the molecule is COC(=O)OCOc1c2n(c(-c3cc(F)c(F)c4c3Cc3ccccc3SC4)cc1=O)N[C@@H]1C/C(=C/F)CCN1C2=O. The Balaban J connectivity index is 1.55. The Kier molecular flexibility index (Phi) is 7.35. The highest BCUT2D eigenvalue weighted by atomic mass is 32.2. The quantitative estimate of drug-likeness (QED) is 0.328. The van der Waals surface area contributed by atoms with E-state index in [-0.39, 0.29) is 47.7 Å². The van der Waals surface area contributed by atoms with E-state index in [2.05, 4.69) is 10.2 Å². The summed E-state index contributed by atoms with van der Waals surface area (Å²) in [5, 5.41) is 0. The third kappa shape index (κ3) is 4.77. The Hall–Kier alpha value is -4.39. The van der Waals surface area contributed by atoms with Gasteiger partial charge in [-0.2, -0.15) is 0 Å². The molecule has 0 saturated carbocycles. The molecule has 9 nitrogen and oxygen atoms in total. The smallest absolute Gasteiger partial charge is 0.451 e. The van der Waals surface area contributed by atoms with Gasteiger partial charge in [0.15, 0.2) is 17.3 Å². The van der Waals surface area contributed by atoms with E-state index < -0.39 is 47.8 Å². The van der Waals surface area contributed by atoms with E-state index in [1.54, 1.807) is 0 Å². The fourth-order valence-corrected chi connectivity index (χ4v) is 6.61. The molecule has 1 atom stereocenters. The summed E-state index contributed by atoms with van der Waals surface area (Å²) in [4.78, 5) is 41.1. The number of methoxy groups -OCH3 is 1. The predicted molar refractivity (Wildman–Crippen MR) is 146 cm³/mol. The van der Waals surface area contributed by atoms with Crippen LogP contribution in [0.2, 0.25) is 0 Å². The van der Waals surface area contributed by atoms with Crippen LogP contribution in [0.15, 0.2) is 58.0 Å². The van der Waals surface area contributed by atoms with Gasteiger partial charge in [-0.15, -0.1) is 11.8 Å². The van der Waals surface area contributed by atoms with Gasteiger partial charge in [0.05, 0.1) is 19.1 Å². The number of nitrogens with one attached hydrogen (secondary N) is 1. The van der Waals surface area contributed by atoms with Gasteiger partial charge in [0, 0.05) is 40.8 Å². The molecule has 3 aliphatic rings.